The van der Waals surface area contributed by atoms with Gasteiger partial charge in [-0.3, -0.25) is 4.79 Å². The van der Waals surface area contributed by atoms with Gasteiger partial charge in [0.05, 0.1) is 0 Å². The Hall–Kier alpha value is -2.89. The van der Waals surface area contributed by atoms with Crippen LogP contribution in [-0.4, -0.2) is 22.9 Å². The highest BCUT2D eigenvalue weighted by atomic mass is 19.1. The molecule has 3 aliphatic heterocycles. The summed E-state index contributed by atoms with van der Waals surface area (Å²) in [4.78, 5) is 15.1. The Kier molecular flexibility index (Phi) is 4.93. The van der Waals surface area contributed by atoms with Gasteiger partial charge in [0.15, 0.2) is 5.76 Å². The zero-order valence-corrected chi connectivity index (χ0v) is 16.5. The summed E-state index contributed by atoms with van der Waals surface area (Å²) in [6, 6.07) is 3.88. The maximum absolute atomic E-state index is 14.3. The summed E-state index contributed by atoms with van der Waals surface area (Å²) in [7, 11) is 0. The third-order valence-electron chi connectivity index (χ3n) is 6.49. The average molecular weight is 411 g/mol. The fourth-order valence-electron chi connectivity index (χ4n) is 5.14. The van der Waals surface area contributed by atoms with Crippen molar-refractivity contribution in [3.05, 3.63) is 83.2 Å². The van der Waals surface area contributed by atoms with Crippen LogP contribution in [0.4, 0.5) is 8.78 Å². The molecule has 3 heterocycles. The van der Waals surface area contributed by atoms with E-state index in [2.05, 4.69) is 6.08 Å². The molecule has 2 atom stereocenters. The van der Waals surface area contributed by atoms with Crippen molar-refractivity contribution in [1.82, 2.24) is 4.90 Å². The summed E-state index contributed by atoms with van der Waals surface area (Å²) in [5.41, 5.74) is 1.15. The van der Waals surface area contributed by atoms with Gasteiger partial charge in [0, 0.05) is 17.6 Å². The number of hydrogen-bond donors (Lipinski definition) is 0. The largest absolute Gasteiger partial charge is 0.465 e. The number of benzene rings is 1. The van der Waals surface area contributed by atoms with Crippen LogP contribution in [0.3, 0.4) is 0 Å². The minimum Gasteiger partial charge on any atom is -0.465 e. The molecule has 0 saturated carbocycles. The van der Waals surface area contributed by atoms with E-state index in [4.69, 9.17) is 9.47 Å². The number of hydrogen-bond acceptors (Lipinski definition) is 3. The third kappa shape index (κ3) is 3.34. The molecule has 6 heteroatoms. The van der Waals surface area contributed by atoms with E-state index in [1.807, 2.05) is 17.1 Å². The first-order chi connectivity index (χ1) is 14.6. The van der Waals surface area contributed by atoms with Gasteiger partial charge in [-0.05, 0) is 62.1 Å². The molecule has 4 nitrogen and oxygen atoms in total. The van der Waals surface area contributed by atoms with Gasteiger partial charge in [0.2, 0.25) is 5.76 Å². The standard InChI is InChI=1S/C24H23F2NO3/c25-19-7-4-8-20(26)23(19)16-11-17-9-10-18(12-16)27(17)24(28)22-14-29-13-21(30-22)15-5-2-1-3-6-15/h1-2,4-5,7-8,13-14,16-18H,3,6,9-12H2. The number of fused-ring (bicyclic) bond motifs is 2. The van der Waals surface area contributed by atoms with E-state index in [0.717, 1.165) is 31.3 Å². The van der Waals surface area contributed by atoms with Crippen LogP contribution < -0.4 is 0 Å². The summed E-state index contributed by atoms with van der Waals surface area (Å²) >= 11 is 0. The molecule has 2 unspecified atom stereocenters. The van der Waals surface area contributed by atoms with Gasteiger partial charge in [-0.15, -0.1) is 0 Å². The highest BCUT2D eigenvalue weighted by molar-refractivity contribution is 5.92. The molecule has 0 radical (unpaired) electrons. The third-order valence-corrected chi connectivity index (χ3v) is 6.49. The molecule has 5 rings (SSSR count). The van der Waals surface area contributed by atoms with Crippen molar-refractivity contribution in [1.29, 1.82) is 0 Å². The number of allylic oxidation sites excluding steroid dienone is 4. The highest BCUT2D eigenvalue weighted by Crippen LogP contribution is 2.45. The molecular weight excluding hydrogens is 388 g/mol. The van der Waals surface area contributed by atoms with Crippen LogP contribution in [0.15, 0.2) is 66.0 Å². The van der Waals surface area contributed by atoms with Gasteiger partial charge in [-0.25, -0.2) is 8.78 Å². The Bertz CT molecular complexity index is 960. The van der Waals surface area contributed by atoms with Crippen LogP contribution in [0.2, 0.25) is 0 Å². The minimum atomic E-state index is -0.504. The zero-order chi connectivity index (χ0) is 20.7. The van der Waals surface area contributed by atoms with Crippen LogP contribution in [0, 0.1) is 11.6 Å². The Morgan fingerprint density at radius 2 is 1.80 bits per heavy atom. The van der Waals surface area contributed by atoms with Crippen molar-refractivity contribution in [3.8, 4) is 0 Å². The molecule has 2 bridgehead atoms. The molecule has 2 fully saturated rings. The van der Waals surface area contributed by atoms with E-state index < -0.39 is 11.6 Å². The lowest BCUT2D eigenvalue weighted by Gasteiger charge is -2.39. The van der Waals surface area contributed by atoms with Gasteiger partial charge < -0.3 is 14.4 Å². The van der Waals surface area contributed by atoms with Crippen molar-refractivity contribution in [2.75, 3.05) is 0 Å². The second-order valence-electron chi connectivity index (χ2n) is 8.26. The van der Waals surface area contributed by atoms with Crippen molar-refractivity contribution in [3.63, 3.8) is 0 Å². The van der Waals surface area contributed by atoms with Crippen LogP contribution in [0.1, 0.15) is 50.0 Å². The second kappa shape index (κ2) is 7.74. The summed E-state index contributed by atoms with van der Waals surface area (Å²) in [5, 5.41) is 0. The van der Waals surface area contributed by atoms with Crippen molar-refractivity contribution >= 4 is 5.91 Å². The summed E-state index contributed by atoms with van der Waals surface area (Å²) < 4.78 is 39.9. The molecule has 4 aliphatic rings. The van der Waals surface area contributed by atoms with Crippen molar-refractivity contribution in [2.45, 2.75) is 56.5 Å². The number of carbonyl (C=O) groups excluding carboxylic acids is 1. The molecule has 1 amide bonds. The van der Waals surface area contributed by atoms with Gasteiger partial charge in [-0.1, -0.05) is 24.3 Å². The van der Waals surface area contributed by atoms with Crippen LogP contribution >= 0.6 is 0 Å². The summed E-state index contributed by atoms with van der Waals surface area (Å²) in [6.45, 7) is 0. The number of amides is 1. The predicted molar refractivity (Wildman–Crippen MR) is 107 cm³/mol. The van der Waals surface area contributed by atoms with Crippen LogP contribution in [-0.2, 0) is 14.3 Å². The highest BCUT2D eigenvalue weighted by Gasteiger charge is 2.46. The van der Waals surface area contributed by atoms with Crippen molar-refractivity contribution < 1.29 is 23.0 Å². The molecule has 30 heavy (non-hydrogen) atoms. The molecule has 0 aromatic heterocycles. The Labute approximate surface area is 174 Å². The minimum absolute atomic E-state index is 0.0593. The number of nitrogens with zero attached hydrogens (tertiary/aromatic N) is 1. The summed E-state index contributed by atoms with van der Waals surface area (Å²) in [6.07, 6.45) is 13.4. The van der Waals surface area contributed by atoms with Gasteiger partial charge in [-0.2, -0.15) is 0 Å². The molecular formula is C24H23F2NO3. The molecule has 2 saturated heterocycles. The first-order valence-corrected chi connectivity index (χ1v) is 10.5. The van der Waals surface area contributed by atoms with E-state index in [-0.39, 0.29) is 35.2 Å². The Morgan fingerprint density at radius 1 is 1.07 bits per heavy atom. The fourth-order valence-corrected chi connectivity index (χ4v) is 5.14. The average Bonchev–Trinajstić information content (AvgIpc) is 3.03. The Morgan fingerprint density at radius 3 is 2.47 bits per heavy atom. The number of rotatable bonds is 3. The lowest BCUT2D eigenvalue weighted by molar-refractivity contribution is -0.135. The van der Waals surface area contributed by atoms with E-state index >= 15 is 0 Å². The molecule has 1 aromatic rings. The summed E-state index contributed by atoms with van der Waals surface area (Å²) in [5.74, 6) is -0.727. The van der Waals surface area contributed by atoms with Crippen LogP contribution in [0.25, 0.3) is 0 Å². The monoisotopic (exact) mass is 411 g/mol. The van der Waals surface area contributed by atoms with Crippen molar-refractivity contribution in [2.24, 2.45) is 0 Å². The maximum Gasteiger partial charge on any atom is 0.293 e. The molecule has 0 spiro atoms. The number of ether oxygens (including phenoxy) is 2. The first kappa shape index (κ1) is 19.1. The lowest BCUT2D eigenvalue weighted by Crippen LogP contribution is -2.47. The smallest absolute Gasteiger partial charge is 0.293 e. The first-order valence-electron chi connectivity index (χ1n) is 10.5. The molecule has 156 valence electrons. The number of piperidine rings is 1. The topological polar surface area (TPSA) is 38.8 Å². The lowest BCUT2D eigenvalue weighted by atomic mass is 9.84. The fraction of sp³-hybridized carbons (Fsp3) is 0.375. The quantitative estimate of drug-likeness (QED) is 0.686. The zero-order valence-electron chi connectivity index (χ0n) is 16.5. The molecule has 0 N–H and O–H groups in total. The maximum atomic E-state index is 14.3. The Balaban J connectivity index is 1.32. The number of carbonyl (C=O) groups is 1. The molecule has 1 aliphatic carbocycles. The van der Waals surface area contributed by atoms with E-state index in [1.54, 1.807) is 0 Å². The number of halogens is 2. The normalized spacial score (nSPS) is 27.6. The van der Waals surface area contributed by atoms with E-state index in [0.29, 0.717) is 18.6 Å². The van der Waals surface area contributed by atoms with E-state index in [1.165, 1.54) is 30.7 Å². The van der Waals surface area contributed by atoms with Crippen LogP contribution in [0.5, 0.6) is 0 Å². The van der Waals surface area contributed by atoms with Gasteiger partial charge in [0.25, 0.3) is 5.91 Å². The van der Waals surface area contributed by atoms with Gasteiger partial charge >= 0.3 is 0 Å². The predicted octanol–water partition coefficient (Wildman–Crippen LogP) is 5.21. The molecule has 1 aromatic carbocycles. The van der Waals surface area contributed by atoms with Gasteiger partial charge in [0.1, 0.15) is 24.2 Å². The van der Waals surface area contributed by atoms with E-state index in [9.17, 15) is 13.6 Å². The SMILES string of the molecule is O=C(C1=COC=C(C2=CC=CCC2)O1)N1C2CCC1CC(c1c(F)cccc1F)C2. The second-order valence-corrected chi connectivity index (χ2v) is 8.26.